The molecule has 3 amide bonds. The number of primary amides is 1. The third kappa shape index (κ3) is 4.16. The fourth-order valence-electron chi connectivity index (χ4n) is 3.80. The summed E-state index contributed by atoms with van der Waals surface area (Å²) in [6, 6.07) is 6.43. The van der Waals surface area contributed by atoms with E-state index in [1.807, 2.05) is 0 Å². The van der Waals surface area contributed by atoms with Gasteiger partial charge >= 0.3 is 6.03 Å². The van der Waals surface area contributed by atoms with Crippen molar-refractivity contribution in [1.29, 1.82) is 0 Å². The smallest absolute Gasteiger partial charge is 0.324 e. The first kappa shape index (κ1) is 19.2. The molecule has 0 spiro atoms. The van der Waals surface area contributed by atoms with Crippen LogP contribution in [0.2, 0.25) is 5.02 Å². The summed E-state index contributed by atoms with van der Waals surface area (Å²) in [5.74, 6) is 0.312. The SMILES string of the molecule is NC(=O)c1c(NC(=O)Nc2ccc(Cl)cc2)sc2c1CCN(CC1CCC1)C2. The Labute approximate surface area is 173 Å². The van der Waals surface area contributed by atoms with E-state index in [1.165, 1.54) is 30.6 Å². The minimum absolute atomic E-state index is 0.408. The van der Waals surface area contributed by atoms with Gasteiger partial charge in [-0.1, -0.05) is 18.0 Å². The van der Waals surface area contributed by atoms with Crippen molar-refractivity contribution in [2.75, 3.05) is 23.7 Å². The number of carbonyl (C=O) groups is 2. The Kier molecular flexibility index (Phi) is 5.57. The Hall–Kier alpha value is -2.09. The highest BCUT2D eigenvalue weighted by atomic mass is 35.5. The van der Waals surface area contributed by atoms with Crippen LogP contribution >= 0.6 is 22.9 Å². The van der Waals surface area contributed by atoms with Crippen LogP contribution in [-0.4, -0.2) is 29.9 Å². The number of urea groups is 1. The molecule has 1 aromatic heterocycles. The van der Waals surface area contributed by atoms with Crippen LogP contribution in [0.4, 0.5) is 15.5 Å². The molecule has 6 nitrogen and oxygen atoms in total. The Balaban J connectivity index is 1.48. The quantitative estimate of drug-likeness (QED) is 0.676. The van der Waals surface area contributed by atoms with Gasteiger partial charge in [-0.15, -0.1) is 11.3 Å². The first-order valence-electron chi connectivity index (χ1n) is 9.50. The van der Waals surface area contributed by atoms with Crippen molar-refractivity contribution in [3.63, 3.8) is 0 Å². The number of fused-ring (bicyclic) bond motifs is 1. The fourth-order valence-corrected chi connectivity index (χ4v) is 5.22. The minimum Gasteiger partial charge on any atom is -0.365 e. The van der Waals surface area contributed by atoms with E-state index in [9.17, 15) is 9.59 Å². The van der Waals surface area contributed by atoms with Crippen molar-refractivity contribution in [3.05, 3.63) is 45.3 Å². The zero-order valence-corrected chi connectivity index (χ0v) is 17.0. The van der Waals surface area contributed by atoms with Gasteiger partial charge < -0.3 is 11.1 Å². The summed E-state index contributed by atoms with van der Waals surface area (Å²) in [5.41, 5.74) is 7.71. The van der Waals surface area contributed by atoms with Crippen molar-refractivity contribution < 1.29 is 9.59 Å². The molecule has 1 fully saturated rings. The normalized spacial score (nSPS) is 16.9. The molecule has 1 saturated carbocycles. The van der Waals surface area contributed by atoms with E-state index in [2.05, 4.69) is 15.5 Å². The molecule has 148 valence electrons. The lowest BCUT2D eigenvalue weighted by atomic mass is 9.85. The maximum Gasteiger partial charge on any atom is 0.324 e. The van der Waals surface area contributed by atoms with Crippen LogP contribution in [0.3, 0.4) is 0 Å². The number of hydrogen-bond acceptors (Lipinski definition) is 4. The molecule has 4 N–H and O–H groups in total. The maximum absolute atomic E-state index is 12.4. The Morgan fingerprint density at radius 1 is 1.21 bits per heavy atom. The van der Waals surface area contributed by atoms with Gasteiger partial charge in [-0.05, 0) is 55.0 Å². The molecule has 8 heteroatoms. The molecule has 4 rings (SSSR count). The molecule has 0 saturated heterocycles. The van der Waals surface area contributed by atoms with Gasteiger partial charge in [-0.3, -0.25) is 15.0 Å². The maximum atomic E-state index is 12.4. The lowest BCUT2D eigenvalue weighted by Gasteiger charge is -2.34. The highest BCUT2D eigenvalue weighted by Crippen LogP contribution is 2.38. The van der Waals surface area contributed by atoms with E-state index >= 15 is 0 Å². The molecule has 2 aliphatic rings. The van der Waals surface area contributed by atoms with Crippen LogP contribution in [0.25, 0.3) is 0 Å². The summed E-state index contributed by atoms with van der Waals surface area (Å²) in [7, 11) is 0. The topological polar surface area (TPSA) is 87.5 Å². The second-order valence-corrected chi connectivity index (χ2v) is 8.98. The second kappa shape index (κ2) is 8.11. The lowest BCUT2D eigenvalue weighted by Crippen LogP contribution is -2.36. The van der Waals surface area contributed by atoms with Gasteiger partial charge in [0, 0.05) is 35.2 Å². The van der Waals surface area contributed by atoms with Crippen LogP contribution in [0.15, 0.2) is 24.3 Å². The standard InChI is InChI=1S/C20H23ClN4O2S/c21-13-4-6-14(7-5-13)23-20(27)24-19-17(18(22)26)15-8-9-25(11-16(15)28-19)10-12-2-1-3-12/h4-7,12H,1-3,8-11H2,(H2,22,26)(H2,23,24,27). The number of halogens is 1. The number of anilines is 2. The first-order chi connectivity index (χ1) is 13.5. The van der Waals surface area contributed by atoms with E-state index in [1.54, 1.807) is 24.3 Å². The van der Waals surface area contributed by atoms with Crippen molar-refractivity contribution >= 4 is 45.6 Å². The summed E-state index contributed by atoms with van der Waals surface area (Å²) in [4.78, 5) is 28.1. The molecule has 0 bridgehead atoms. The lowest BCUT2D eigenvalue weighted by molar-refractivity contribution is 0.0999. The molecule has 0 unspecified atom stereocenters. The van der Waals surface area contributed by atoms with E-state index < -0.39 is 11.9 Å². The van der Waals surface area contributed by atoms with E-state index in [4.69, 9.17) is 17.3 Å². The number of benzene rings is 1. The molecule has 0 atom stereocenters. The molecule has 2 heterocycles. The third-order valence-electron chi connectivity index (χ3n) is 5.45. The van der Waals surface area contributed by atoms with Gasteiger partial charge in [-0.25, -0.2) is 4.79 Å². The number of nitrogens with zero attached hydrogens (tertiary/aromatic N) is 1. The first-order valence-corrected chi connectivity index (χ1v) is 10.7. The van der Waals surface area contributed by atoms with Gasteiger partial charge in [0.1, 0.15) is 5.00 Å². The summed E-state index contributed by atoms with van der Waals surface area (Å²) in [5, 5.41) is 6.68. The van der Waals surface area contributed by atoms with E-state index in [-0.39, 0.29) is 0 Å². The number of carbonyl (C=O) groups excluding carboxylic acids is 2. The number of nitrogens with two attached hydrogens (primary N) is 1. The van der Waals surface area contributed by atoms with Crippen molar-refractivity contribution in [1.82, 2.24) is 4.90 Å². The largest absolute Gasteiger partial charge is 0.365 e. The van der Waals surface area contributed by atoms with E-state index in [0.29, 0.717) is 21.3 Å². The van der Waals surface area contributed by atoms with Gasteiger partial charge in [0.05, 0.1) is 5.56 Å². The molecule has 0 radical (unpaired) electrons. The van der Waals surface area contributed by atoms with Gasteiger partial charge in [0.15, 0.2) is 0 Å². The number of hydrogen-bond donors (Lipinski definition) is 3. The van der Waals surface area contributed by atoms with E-state index in [0.717, 1.165) is 42.4 Å². The minimum atomic E-state index is -0.494. The summed E-state index contributed by atoms with van der Waals surface area (Å²) >= 11 is 7.32. The highest BCUT2D eigenvalue weighted by molar-refractivity contribution is 7.17. The van der Waals surface area contributed by atoms with Crippen LogP contribution in [-0.2, 0) is 13.0 Å². The molecular weight excluding hydrogens is 396 g/mol. The van der Waals surface area contributed by atoms with Crippen molar-refractivity contribution in [2.45, 2.75) is 32.2 Å². The molecule has 1 aliphatic heterocycles. The number of rotatable bonds is 5. The molecule has 1 aliphatic carbocycles. The summed E-state index contributed by atoms with van der Waals surface area (Å²) < 4.78 is 0. The fraction of sp³-hybridized carbons (Fsp3) is 0.400. The van der Waals surface area contributed by atoms with Crippen molar-refractivity contribution in [2.24, 2.45) is 11.7 Å². The molecule has 28 heavy (non-hydrogen) atoms. The van der Waals surface area contributed by atoms with Crippen LogP contribution < -0.4 is 16.4 Å². The predicted molar refractivity (Wildman–Crippen MR) is 113 cm³/mol. The molecule has 1 aromatic carbocycles. The number of amides is 3. The zero-order chi connectivity index (χ0) is 19.7. The molecular formula is C20H23ClN4O2S. The predicted octanol–water partition coefficient (Wildman–Crippen LogP) is 4.30. The van der Waals surface area contributed by atoms with Crippen LogP contribution in [0.5, 0.6) is 0 Å². The average Bonchev–Trinajstić information content (AvgIpc) is 2.97. The zero-order valence-electron chi connectivity index (χ0n) is 15.5. The Morgan fingerprint density at radius 2 is 1.96 bits per heavy atom. The monoisotopic (exact) mass is 418 g/mol. The van der Waals surface area contributed by atoms with Crippen LogP contribution in [0.1, 0.15) is 40.1 Å². The number of thiophene rings is 1. The number of nitrogens with one attached hydrogen (secondary N) is 2. The van der Waals surface area contributed by atoms with Crippen molar-refractivity contribution in [3.8, 4) is 0 Å². The van der Waals surface area contributed by atoms with Gasteiger partial charge in [0.2, 0.25) is 0 Å². The third-order valence-corrected chi connectivity index (χ3v) is 6.84. The summed E-state index contributed by atoms with van der Waals surface area (Å²) in [6.07, 6.45) is 4.76. The second-order valence-electron chi connectivity index (χ2n) is 7.44. The Morgan fingerprint density at radius 3 is 2.61 bits per heavy atom. The van der Waals surface area contributed by atoms with Gasteiger partial charge in [0.25, 0.3) is 5.91 Å². The average molecular weight is 419 g/mol. The summed E-state index contributed by atoms with van der Waals surface area (Å²) in [6.45, 7) is 2.86. The van der Waals surface area contributed by atoms with Gasteiger partial charge in [-0.2, -0.15) is 0 Å². The Bertz CT molecular complexity index is 892. The molecule has 2 aromatic rings. The highest BCUT2D eigenvalue weighted by Gasteiger charge is 2.29. The van der Waals surface area contributed by atoms with Crippen LogP contribution in [0, 0.1) is 5.92 Å².